The van der Waals surface area contributed by atoms with E-state index in [0.717, 1.165) is 4.47 Å². The second-order valence-corrected chi connectivity index (χ2v) is 8.21. The van der Waals surface area contributed by atoms with E-state index in [4.69, 9.17) is 0 Å². The van der Waals surface area contributed by atoms with Crippen LogP contribution in [-0.4, -0.2) is 7.05 Å². The molecule has 1 heterocycles. The van der Waals surface area contributed by atoms with Crippen LogP contribution in [0.15, 0.2) is 34.8 Å². The smallest absolute Gasteiger partial charge is 0.0671 e. The van der Waals surface area contributed by atoms with Crippen LogP contribution in [0, 0.1) is 6.92 Å². The van der Waals surface area contributed by atoms with Gasteiger partial charge in [0.05, 0.1) is 6.04 Å². The van der Waals surface area contributed by atoms with Crippen LogP contribution in [-0.2, 0) is 5.41 Å². The average molecular weight is 352 g/mol. The Hall–Kier alpha value is -0.640. The second-order valence-electron chi connectivity index (χ2n) is 6.17. The van der Waals surface area contributed by atoms with E-state index < -0.39 is 0 Å². The Balaban J connectivity index is 2.42. The number of hydrogen-bond donors (Lipinski definition) is 1. The van der Waals surface area contributed by atoms with E-state index >= 15 is 0 Å². The summed E-state index contributed by atoms with van der Waals surface area (Å²) in [4.78, 5) is 2.80. The molecule has 0 radical (unpaired) electrons. The molecule has 1 unspecified atom stereocenters. The number of rotatable bonds is 3. The third-order valence-corrected chi connectivity index (χ3v) is 5.56. The summed E-state index contributed by atoms with van der Waals surface area (Å²) in [5, 5.41) is 3.46. The highest BCUT2D eigenvalue weighted by molar-refractivity contribution is 9.10. The van der Waals surface area contributed by atoms with E-state index in [9.17, 15) is 0 Å². The molecule has 0 saturated carbocycles. The van der Waals surface area contributed by atoms with Crippen molar-refractivity contribution in [2.45, 2.75) is 39.2 Å². The molecule has 2 aromatic rings. The van der Waals surface area contributed by atoms with E-state index in [1.54, 1.807) is 0 Å². The van der Waals surface area contributed by atoms with Crippen molar-refractivity contribution in [2.24, 2.45) is 0 Å². The molecule has 0 aliphatic heterocycles. The molecule has 0 saturated heterocycles. The van der Waals surface area contributed by atoms with E-state index in [-0.39, 0.29) is 11.5 Å². The maximum atomic E-state index is 3.58. The summed E-state index contributed by atoms with van der Waals surface area (Å²) in [6.45, 7) is 8.97. The first-order chi connectivity index (χ1) is 9.32. The summed E-state index contributed by atoms with van der Waals surface area (Å²) in [7, 11) is 2.03. The predicted molar refractivity (Wildman–Crippen MR) is 92.8 cm³/mol. The Labute approximate surface area is 134 Å². The molecule has 0 amide bonds. The lowest BCUT2D eigenvalue weighted by Gasteiger charge is -2.19. The molecular formula is C17H22BrNS. The van der Waals surface area contributed by atoms with Crippen molar-refractivity contribution in [2.75, 3.05) is 7.05 Å². The van der Waals surface area contributed by atoms with Crippen molar-refractivity contribution in [3.05, 3.63) is 55.7 Å². The van der Waals surface area contributed by atoms with Crippen LogP contribution in [0.3, 0.4) is 0 Å². The normalized spacial score (nSPS) is 13.5. The number of thiophene rings is 1. The van der Waals surface area contributed by atoms with Crippen LogP contribution in [0.4, 0.5) is 0 Å². The lowest BCUT2D eigenvalue weighted by atomic mass is 9.95. The fourth-order valence-electron chi connectivity index (χ4n) is 2.28. The number of aryl methyl sites for hydroxylation is 1. The van der Waals surface area contributed by atoms with Gasteiger partial charge in [0.15, 0.2) is 0 Å². The zero-order chi connectivity index (χ0) is 14.9. The van der Waals surface area contributed by atoms with Crippen molar-refractivity contribution in [3.8, 4) is 0 Å². The summed E-state index contributed by atoms with van der Waals surface area (Å²) < 4.78 is 1.13. The molecule has 0 fully saturated rings. The molecule has 3 heteroatoms. The Kier molecular flexibility index (Phi) is 4.73. The van der Waals surface area contributed by atoms with E-state index in [0.29, 0.717) is 0 Å². The van der Waals surface area contributed by atoms with Crippen molar-refractivity contribution >= 4 is 27.3 Å². The first kappa shape index (κ1) is 15.7. The lowest BCUT2D eigenvalue weighted by Crippen LogP contribution is -2.17. The average Bonchev–Trinajstić information content (AvgIpc) is 2.84. The first-order valence-corrected chi connectivity index (χ1v) is 8.47. The van der Waals surface area contributed by atoms with Crippen LogP contribution in [0.25, 0.3) is 0 Å². The van der Waals surface area contributed by atoms with E-state index in [2.05, 4.69) is 79.3 Å². The van der Waals surface area contributed by atoms with Gasteiger partial charge in [-0.3, -0.25) is 0 Å². The molecule has 2 rings (SSSR count). The molecule has 1 aromatic heterocycles. The molecular weight excluding hydrogens is 330 g/mol. The topological polar surface area (TPSA) is 12.0 Å². The molecule has 1 nitrogen and oxygen atoms in total. The third kappa shape index (κ3) is 3.33. The Morgan fingerprint density at radius 1 is 1.15 bits per heavy atom. The summed E-state index contributed by atoms with van der Waals surface area (Å²) in [5.74, 6) is 0. The lowest BCUT2D eigenvalue weighted by molar-refractivity contribution is 0.604. The Morgan fingerprint density at radius 3 is 2.40 bits per heavy atom. The van der Waals surface area contributed by atoms with Crippen LogP contribution in [0.5, 0.6) is 0 Å². The van der Waals surface area contributed by atoms with Gasteiger partial charge in [0.25, 0.3) is 0 Å². The van der Waals surface area contributed by atoms with Crippen LogP contribution in [0.2, 0.25) is 0 Å². The monoisotopic (exact) mass is 351 g/mol. The second kappa shape index (κ2) is 6.00. The molecule has 0 aliphatic rings. The number of hydrogen-bond acceptors (Lipinski definition) is 2. The molecule has 0 spiro atoms. The van der Waals surface area contributed by atoms with Gasteiger partial charge in [-0.2, -0.15) is 0 Å². The Morgan fingerprint density at radius 2 is 1.85 bits per heavy atom. The van der Waals surface area contributed by atoms with Crippen molar-refractivity contribution in [3.63, 3.8) is 0 Å². The van der Waals surface area contributed by atoms with Gasteiger partial charge in [-0.25, -0.2) is 0 Å². The van der Waals surface area contributed by atoms with Crippen LogP contribution < -0.4 is 5.32 Å². The zero-order valence-corrected chi connectivity index (χ0v) is 15.2. The molecule has 0 bridgehead atoms. The minimum Gasteiger partial charge on any atom is -0.309 e. The van der Waals surface area contributed by atoms with Gasteiger partial charge in [-0.1, -0.05) is 42.8 Å². The largest absolute Gasteiger partial charge is 0.309 e. The molecule has 0 aliphatic carbocycles. The van der Waals surface area contributed by atoms with Gasteiger partial charge in [-0.15, -0.1) is 11.3 Å². The van der Waals surface area contributed by atoms with E-state index in [1.165, 1.54) is 20.9 Å². The number of halogens is 1. The van der Waals surface area contributed by atoms with Crippen LogP contribution >= 0.6 is 27.3 Å². The van der Waals surface area contributed by atoms with Gasteiger partial charge < -0.3 is 5.32 Å². The summed E-state index contributed by atoms with van der Waals surface area (Å²) in [6, 6.07) is 11.3. The number of nitrogens with one attached hydrogen (secondary N) is 1. The fraction of sp³-hybridized carbons (Fsp3) is 0.412. The molecule has 1 atom stereocenters. The van der Waals surface area contributed by atoms with Crippen molar-refractivity contribution < 1.29 is 0 Å². The first-order valence-electron chi connectivity index (χ1n) is 6.86. The summed E-state index contributed by atoms with van der Waals surface area (Å²) >= 11 is 5.48. The molecule has 108 valence electrons. The van der Waals surface area contributed by atoms with E-state index in [1.807, 2.05) is 18.4 Å². The highest BCUT2D eigenvalue weighted by Crippen LogP contribution is 2.36. The van der Waals surface area contributed by atoms with Gasteiger partial charge in [-0.05, 0) is 54.8 Å². The van der Waals surface area contributed by atoms with Crippen molar-refractivity contribution in [1.82, 2.24) is 5.32 Å². The maximum Gasteiger partial charge on any atom is 0.0671 e. The summed E-state index contributed by atoms with van der Waals surface area (Å²) in [5.41, 5.74) is 2.87. The fourth-order valence-corrected chi connectivity index (χ4v) is 3.86. The van der Waals surface area contributed by atoms with Crippen molar-refractivity contribution in [1.29, 1.82) is 0 Å². The Bertz CT molecular complexity index is 595. The standard InChI is InChI=1S/C17H22BrNS/c1-11-6-7-12(18)10-13(11)16(19-5)14-8-9-15(20-14)17(2,3)4/h6-10,16,19H,1-5H3. The molecule has 20 heavy (non-hydrogen) atoms. The zero-order valence-electron chi connectivity index (χ0n) is 12.8. The maximum absolute atomic E-state index is 3.58. The third-order valence-electron chi connectivity index (χ3n) is 3.49. The predicted octanol–water partition coefficient (Wildman–Crippen LogP) is 5.43. The highest BCUT2D eigenvalue weighted by atomic mass is 79.9. The van der Waals surface area contributed by atoms with Gasteiger partial charge in [0.2, 0.25) is 0 Å². The minimum atomic E-state index is 0.216. The minimum absolute atomic E-state index is 0.216. The quantitative estimate of drug-likeness (QED) is 0.777. The molecule has 1 aromatic carbocycles. The highest BCUT2D eigenvalue weighted by Gasteiger charge is 2.21. The van der Waals surface area contributed by atoms with Gasteiger partial charge in [0, 0.05) is 14.2 Å². The summed E-state index contributed by atoms with van der Waals surface area (Å²) in [6.07, 6.45) is 0. The number of benzene rings is 1. The SMILES string of the molecule is CNC(c1ccc(C(C)(C)C)s1)c1cc(Br)ccc1C. The van der Waals surface area contributed by atoms with Gasteiger partial charge >= 0.3 is 0 Å². The van der Waals surface area contributed by atoms with Crippen LogP contribution in [0.1, 0.15) is 47.7 Å². The van der Waals surface area contributed by atoms with Gasteiger partial charge in [0.1, 0.15) is 0 Å². The molecule has 1 N–H and O–H groups in total.